The molecule has 0 saturated heterocycles. The second-order valence-corrected chi connectivity index (χ2v) is 4.24. The molecule has 1 heterocycles. The molecule has 0 unspecified atom stereocenters. The van der Waals surface area contributed by atoms with Gasteiger partial charge in [-0.1, -0.05) is 30.3 Å². The van der Waals surface area contributed by atoms with Crippen LogP contribution in [0.25, 0.3) is 21.8 Å². The molecule has 0 aliphatic heterocycles. The molecule has 3 N–H and O–H groups in total. The molecule has 0 aliphatic rings. The molecule has 90 valence electrons. The van der Waals surface area contributed by atoms with Crippen molar-refractivity contribution < 1.29 is 15.0 Å². The molecule has 0 bridgehead atoms. The van der Waals surface area contributed by atoms with Crippen molar-refractivity contribution in [2.24, 2.45) is 0 Å². The number of para-hydroxylation sites is 1. The Bertz CT molecular complexity index is 758. The van der Waals surface area contributed by atoms with Gasteiger partial charge >= 0.3 is 5.97 Å². The van der Waals surface area contributed by atoms with E-state index < -0.39 is 5.97 Å². The van der Waals surface area contributed by atoms with E-state index in [2.05, 4.69) is 4.98 Å². The number of hydrogen-bond acceptors (Lipinski definition) is 2. The van der Waals surface area contributed by atoms with Crippen LogP contribution >= 0.6 is 0 Å². The molecule has 3 aromatic rings. The van der Waals surface area contributed by atoms with E-state index in [0.717, 1.165) is 16.3 Å². The number of aromatic nitrogens is 1. The highest BCUT2D eigenvalue weighted by Crippen LogP contribution is 2.33. The average molecular weight is 241 g/mol. The fourth-order valence-electron chi connectivity index (χ4n) is 2.25. The Morgan fingerprint density at radius 2 is 1.89 bits per heavy atom. The largest absolute Gasteiger partial charge is 0.505 e. The summed E-state index contributed by atoms with van der Waals surface area (Å²) in [6.07, 6.45) is -0.183. The molecule has 0 spiro atoms. The lowest BCUT2D eigenvalue weighted by Gasteiger charge is -2.02. The summed E-state index contributed by atoms with van der Waals surface area (Å²) in [5.41, 5.74) is 1.94. The zero-order valence-electron chi connectivity index (χ0n) is 9.47. The number of nitrogens with one attached hydrogen (secondary N) is 1. The Morgan fingerprint density at radius 1 is 1.11 bits per heavy atom. The van der Waals surface area contributed by atoms with Gasteiger partial charge < -0.3 is 15.2 Å². The van der Waals surface area contributed by atoms with Crippen LogP contribution in [-0.4, -0.2) is 21.2 Å². The minimum Gasteiger partial charge on any atom is -0.505 e. The fourth-order valence-corrected chi connectivity index (χ4v) is 2.25. The van der Waals surface area contributed by atoms with E-state index in [-0.39, 0.29) is 12.2 Å². The first-order chi connectivity index (χ1) is 8.66. The van der Waals surface area contributed by atoms with Crippen molar-refractivity contribution in [1.82, 2.24) is 4.98 Å². The van der Waals surface area contributed by atoms with E-state index in [1.165, 1.54) is 0 Å². The van der Waals surface area contributed by atoms with E-state index in [1.807, 2.05) is 30.3 Å². The third kappa shape index (κ3) is 1.50. The summed E-state index contributed by atoms with van der Waals surface area (Å²) in [5.74, 6) is -0.938. The molecule has 0 atom stereocenters. The number of carboxylic acid groups (broad SMARTS) is 1. The Morgan fingerprint density at radius 3 is 2.67 bits per heavy atom. The number of rotatable bonds is 2. The number of aromatic hydroxyl groups is 1. The van der Waals surface area contributed by atoms with Crippen LogP contribution in [0.5, 0.6) is 5.75 Å². The van der Waals surface area contributed by atoms with E-state index in [4.69, 9.17) is 5.11 Å². The lowest BCUT2D eigenvalue weighted by Crippen LogP contribution is -2.00. The third-order valence-corrected chi connectivity index (χ3v) is 3.08. The standard InChI is InChI=1S/C14H11NO3/c16-12(17)7-8-5-6-10-9-3-1-2-4-11(9)15-13(10)14(8)18/h1-6,15,18H,7H2,(H,16,17). The van der Waals surface area contributed by atoms with Gasteiger partial charge in [-0.2, -0.15) is 0 Å². The van der Waals surface area contributed by atoms with Crippen molar-refractivity contribution in [3.05, 3.63) is 42.0 Å². The van der Waals surface area contributed by atoms with Gasteiger partial charge in [0, 0.05) is 21.9 Å². The Labute approximate surface area is 102 Å². The van der Waals surface area contributed by atoms with Gasteiger partial charge in [0.25, 0.3) is 0 Å². The summed E-state index contributed by atoms with van der Waals surface area (Å²) in [6, 6.07) is 11.2. The van der Waals surface area contributed by atoms with Crippen LogP contribution < -0.4 is 0 Å². The fraction of sp³-hybridized carbons (Fsp3) is 0.0714. The average Bonchev–Trinajstić information content (AvgIpc) is 2.72. The van der Waals surface area contributed by atoms with Crippen molar-refractivity contribution in [2.75, 3.05) is 0 Å². The summed E-state index contributed by atoms with van der Waals surface area (Å²) in [5, 5.41) is 20.8. The highest BCUT2D eigenvalue weighted by atomic mass is 16.4. The quantitative estimate of drug-likeness (QED) is 0.645. The molecule has 4 heteroatoms. The predicted molar refractivity (Wildman–Crippen MR) is 68.8 cm³/mol. The normalized spacial score (nSPS) is 11.1. The number of aromatic amines is 1. The summed E-state index contributed by atoms with van der Waals surface area (Å²) in [7, 11) is 0. The summed E-state index contributed by atoms with van der Waals surface area (Å²) < 4.78 is 0. The minimum atomic E-state index is -0.958. The lowest BCUT2D eigenvalue weighted by atomic mass is 10.1. The van der Waals surface area contributed by atoms with E-state index in [0.29, 0.717) is 11.1 Å². The number of hydrogen-bond donors (Lipinski definition) is 3. The highest BCUT2D eigenvalue weighted by Gasteiger charge is 2.13. The number of carboxylic acids is 1. The maximum Gasteiger partial charge on any atom is 0.307 e. The van der Waals surface area contributed by atoms with Gasteiger partial charge in [0.2, 0.25) is 0 Å². The van der Waals surface area contributed by atoms with Crippen molar-refractivity contribution in [1.29, 1.82) is 0 Å². The molecule has 4 nitrogen and oxygen atoms in total. The molecule has 0 saturated carbocycles. The second-order valence-electron chi connectivity index (χ2n) is 4.24. The zero-order valence-corrected chi connectivity index (χ0v) is 9.47. The second kappa shape index (κ2) is 3.77. The molecule has 0 fully saturated rings. The SMILES string of the molecule is O=C(O)Cc1ccc2c([nH]c3ccccc32)c1O. The topological polar surface area (TPSA) is 73.3 Å². The Hall–Kier alpha value is -2.49. The van der Waals surface area contributed by atoms with Crippen molar-refractivity contribution in [3.63, 3.8) is 0 Å². The predicted octanol–water partition coefficient (Wildman–Crippen LogP) is 2.65. The maximum atomic E-state index is 10.7. The number of H-pyrrole nitrogens is 1. The van der Waals surface area contributed by atoms with Crippen LogP contribution in [0, 0.1) is 0 Å². The molecule has 2 aromatic carbocycles. The van der Waals surface area contributed by atoms with E-state index >= 15 is 0 Å². The van der Waals surface area contributed by atoms with Crippen molar-refractivity contribution in [3.8, 4) is 5.75 Å². The van der Waals surface area contributed by atoms with Crippen molar-refractivity contribution >= 4 is 27.8 Å². The molecule has 3 rings (SSSR count). The highest BCUT2D eigenvalue weighted by molar-refractivity contribution is 6.09. The first-order valence-electron chi connectivity index (χ1n) is 5.60. The third-order valence-electron chi connectivity index (χ3n) is 3.08. The number of phenolic OH excluding ortho intramolecular Hbond substituents is 1. The Balaban J connectivity index is 2.32. The molecule has 0 amide bonds. The van der Waals surface area contributed by atoms with Crippen LogP contribution in [0.1, 0.15) is 5.56 Å². The van der Waals surface area contributed by atoms with E-state index in [1.54, 1.807) is 6.07 Å². The van der Waals surface area contributed by atoms with Gasteiger partial charge in [0.1, 0.15) is 5.75 Å². The molecule has 0 aliphatic carbocycles. The molecule has 1 aromatic heterocycles. The van der Waals surface area contributed by atoms with E-state index in [9.17, 15) is 9.90 Å². The van der Waals surface area contributed by atoms with Gasteiger partial charge in [-0.05, 0) is 6.07 Å². The number of phenols is 1. The molecular formula is C14H11NO3. The van der Waals surface area contributed by atoms with Crippen LogP contribution in [0.2, 0.25) is 0 Å². The summed E-state index contributed by atoms with van der Waals surface area (Å²) in [6.45, 7) is 0. The number of fused-ring (bicyclic) bond motifs is 3. The number of aliphatic carboxylic acids is 1. The maximum absolute atomic E-state index is 10.7. The summed E-state index contributed by atoms with van der Waals surface area (Å²) in [4.78, 5) is 13.8. The van der Waals surface area contributed by atoms with Gasteiger partial charge in [0.15, 0.2) is 0 Å². The van der Waals surface area contributed by atoms with Gasteiger partial charge in [-0.3, -0.25) is 4.79 Å². The molecule has 0 radical (unpaired) electrons. The molecular weight excluding hydrogens is 230 g/mol. The van der Waals surface area contributed by atoms with Gasteiger partial charge in [0.05, 0.1) is 11.9 Å². The van der Waals surface area contributed by atoms with Gasteiger partial charge in [-0.15, -0.1) is 0 Å². The number of carbonyl (C=O) groups is 1. The van der Waals surface area contributed by atoms with Gasteiger partial charge in [-0.25, -0.2) is 0 Å². The summed E-state index contributed by atoms with van der Waals surface area (Å²) >= 11 is 0. The zero-order chi connectivity index (χ0) is 12.7. The monoisotopic (exact) mass is 241 g/mol. The molecule has 18 heavy (non-hydrogen) atoms. The Kier molecular flexibility index (Phi) is 2.23. The lowest BCUT2D eigenvalue weighted by molar-refractivity contribution is -0.136. The number of benzene rings is 2. The smallest absolute Gasteiger partial charge is 0.307 e. The van der Waals surface area contributed by atoms with Crippen LogP contribution in [0.15, 0.2) is 36.4 Å². The van der Waals surface area contributed by atoms with Crippen LogP contribution in [0.3, 0.4) is 0 Å². The van der Waals surface area contributed by atoms with Crippen molar-refractivity contribution in [2.45, 2.75) is 6.42 Å². The van der Waals surface area contributed by atoms with Crippen LogP contribution in [0.4, 0.5) is 0 Å². The van der Waals surface area contributed by atoms with Crippen LogP contribution in [-0.2, 0) is 11.2 Å². The first kappa shape index (κ1) is 10.7. The minimum absolute atomic E-state index is 0.0195. The first-order valence-corrected chi connectivity index (χ1v) is 5.60.